The van der Waals surface area contributed by atoms with E-state index in [2.05, 4.69) is 37.3 Å². The third kappa shape index (κ3) is 3.34. The van der Waals surface area contributed by atoms with Crippen LogP contribution in [0.1, 0.15) is 76.4 Å². The van der Waals surface area contributed by atoms with Gasteiger partial charge in [-0.1, -0.05) is 51.4 Å². The van der Waals surface area contributed by atoms with E-state index in [4.69, 9.17) is 5.73 Å². The predicted octanol–water partition coefficient (Wildman–Crippen LogP) is 4.05. The first-order valence-electron chi connectivity index (χ1n) is 7.51. The maximum absolute atomic E-state index is 6.53. The van der Waals surface area contributed by atoms with Crippen LogP contribution in [0, 0.1) is 11.8 Å². The first-order chi connectivity index (χ1) is 8.93. The Labute approximate surface area is 121 Å². The van der Waals surface area contributed by atoms with Gasteiger partial charge in [0.15, 0.2) is 0 Å². The molecule has 2 rings (SSSR count). The maximum atomic E-state index is 6.53. The lowest BCUT2D eigenvalue weighted by atomic mass is 9.76. The van der Waals surface area contributed by atoms with Gasteiger partial charge >= 0.3 is 0 Å². The molecule has 108 valence electrons. The maximum Gasteiger partial charge on any atom is 0.0857 e. The van der Waals surface area contributed by atoms with Crippen molar-refractivity contribution in [1.82, 2.24) is 9.59 Å². The molecule has 0 amide bonds. The highest BCUT2D eigenvalue weighted by Crippen LogP contribution is 2.40. The molecule has 1 fully saturated rings. The van der Waals surface area contributed by atoms with Crippen molar-refractivity contribution in [2.45, 2.75) is 71.3 Å². The van der Waals surface area contributed by atoms with Crippen LogP contribution in [-0.2, 0) is 5.41 Å². The summed E-state index contributed by atoms with van der Waals surface area (Å²) in [5.41, 5.74) is 7.67. The van der Waals surface area contributed by atoms with E-state index < -0.39 is 0 Å². The summed E-state index contributed by atoms with van der Waals surface area (Å²) in [7, 11) is 0. The molecule has 0 aliphatic heterocycles. The molecule has 0 saturated heterocycles. The van der Waals surface area contributed by atoms with E-state index in [9.17, 15) is 0 Å². The molecule has 1 aliphatic carbocycles. The second kappa shape index (κ2) is 5.88. The Morgan fingerprint density at radius 1 is 1.26 bits per heavy atom. The van der Waals surface area contributed by atoms with Gasteiger partial charge in [-0.2, -0.15) is 0 Å². The zero-order chi connectivity index (χ0) is 14.0. The SMILES string of the molecule is CCC1CCC(C(N)c2snnc2C(C)(C)C)CC1. The zero-order valence-electron chi connectivity index (χ0n) is 12.6. The molecule has 1 aromatic heterocycles. The molecule has 3 nitrogen and oxygen atoms in total. The van der Waals surface area contributed by atoms with Crippen LogP contribution in [-0.4, -0.2) is 9.59 Å². The zero-order valence-corrected chi connectivity index (χ0v) is 13.5. The van der Waals surface area contributed by atoms with E-state index in [0.717, 1.165) is 11.6 Å². The van der Waals surface area contributed by atoms with Gasteiger partial charge in [0.1, 0.15) is 0 Å². The number of aromatic nitrogens is 2. The van der Waals surface area contributed by atoms with E-state index in [1.165, 1.54) is 48.5 Å². The summed E-state index contributed by atoms with van der Waals surface area (Å²) in [4.78, 5) is 1.22. The van der Waals surface area contributed by atoms with Crippen LogP contribution in [0.3, 0.4) is 0 Å². The number of nitrogens with zero attached hydrogens (tertiary/aromatic N) is 2. The van der Waals surface area contributed by atoms with Crippen LogP contribution in [0.2, 0.25) is 0 Å². The summed E-state index contributed by atoms with van der Waals surface area (Å²) in [5, 5.41) is 4.32. The van der Waals surface area contributed by atoms with E-state index >= 15 is 0 Å². The molecule has 1 saturated carbocycles. The quantitative estimate of drug-likeness (QED) is 0.909. The number of hydrogen-bond donors (Lipinski definition) is 1. The summed E-state index contributed by atoms with van der Waals surface area (Å²) in [6.45, 7) is 8.87. The molecule has 1 unspecified atom stereocenters. The monoisotopic (exact) mass is 281 g/mol. The molecule has 0 bridgehead atoms. The minimum atomic E-state index is 0.0422. The third-order valence-electron chi connectivity index (χ3n) is 4.50. The summed E-state index contributed by atoms with van der Waals surface area (Å²) in [5.74, 6) is 1.54. The molecule has 2 N–H and O–H groups in total. The van der Waals surface area contributed by atoms with Crippen molar-refractivity contribution in [1.29, 1.82) is 0 Å². The van der Waals surface area contributed by atoms with E-state index in [0.29, 0.717) is 5.92 Å². The first kappa shape index (κ1) is 14.9. The van der Waals surface area contributed by atoms with Crippen LogP contribution in [0.4, 0.5) is 0 Å². The van der Waals surface area contributed by atoms with E-state index in [1.54, 1.807) is 0 Å². The summed E-state index contributed by atoms with van der Waals surface area (Å²) in [6, 6.07) is 0.132. The highest BCUT2D eigenvalue weighted by molar-refractivity contribution is 7.05. The predicted molar refractivity (Wildman–Crippen MR) is 81.3 cm³/mol. The topological polar surface area (TPSA) is 51.8 Å². The molecule has 1 heterocycles. The van der Waals surface area contributed by atoms with Crippen LogP contribution in [0.25, 0.3) is 0 Å². The molecular formula is C15H27N3S. The van der Waals surface area contributed by atoms with E-state index in [1.807, 2.05) is 0 Å². The molecule has 1 aliphatic rings. The fraction of sp³-hybridized carbons (Fsp3) is 0.867. The van der Waals surface area contributed by atoms with Gasteiger partial charge in [-0.15, -0.1) is 5.10 Å². The molecule has 4 heteroatoms. The first-order valence-corrected chi connectivity index (χ1v) is 8.29. The molecule has 0 aromatic carbocycles. The normalized spacial score (nSPS) is 26.4. The second-order valence-corrected chi connectivity index (χ2v) is 7.74. The fourth-order valence-corrected chi connectivity index (χ4v) is 4.06. The van der Waals surface area contributed by atoms with Gasteiger partial charge in [-0.05, 0) is 36.2 Å². The molecular weight excluding hydrogens is 254 g/mol. The Kier molecular flexibility index (Phi) is 4.62. The lowest BCUT2D eigenvalue weighted by Gasteiger charge is -2.32. The Morgan fingerprint density at radius 3 is 2.42 bits per heavy atom. The summed E-state index contributed by atoms with van der Waals surface area (Å²) in [6.07, 6.45) is 6.53. The Bertz CT molecular complexity index is 400. The van der Waals surface area contributed by atoms with Crippen LogP contribution in [0.5, 0.6) is 0 Å². The van der Waals surface area contributed by atoms with Gasteiger partial charge in [0, 0.05) is 11.5 Å². The highest BCUT2D eigenvalue weighted by Gasteiger charge is 2.31. The van der Waals surface area contributed by atoms with Gasteiger partial charge in [-0.3, -0.25) is 0 Å². The second-order valence-electron chi connectivity index (χ2n) is 6.95. The summed E-state index contributed by atoms with van der Waals surface area (Å²) >= 11 is 1.50. The van der Waals surface area contributed by atoms with Gasteiger partial charge in [0.2, 0.25) is 0 Å². The van der Waals surface area contributed by atoms with Crippen molar-refractivity contribution in [3.63, 3.8) is 0 Å². The Morgan fingerprint density at radius 2 is 1.89 bits per heavy atom. The van der Waals surface area contributed by atoms with Crippen molar-refractivity contribution < 1.29 is 0 Å². The number of hydrogen-bond acceptors (Lipinski definition) is 4. The van der Waals surface area contributed by atoms with E-state index in [-0.39, 0.29) is 11.5 Å². The van der Waals surface area contributed by atoms with Crippen LogP contribution < -0.4 is 5.73 Å². The highest BCUT2D eigenvalue weighted by atomic mass is 32.1. The fourth-order valence-electron chi connectivity index (χ4n) is 3.11. The van der Waals surface area contributed by atoms with Crippen molar-refractivity contribution in [3.05, 3.63) is 10.6 Å². The molecule has 1 aromatic rings. The standard InChI is InChI=1S/C15H27N3S/c1-5-10-6-8-11(9-7-10)12(16)13-14(15(2,3)4)17-18-19-13/h10-12H,5-9,16H2,1-4H3. The number of nitrogens with two attached hydrogens (primary N) is 1. The minimum Gasteiger partial charge on any atom is -0.323 e. The Hall–Kier alpha value is -0.480. The lowest BCUT2D eigenvalue weighted by molar-refractivity contribution is 0.240. The minimum absolute atomic E-state index is 0.0422. The third-order valence-corrected chi connectivity index (χ3v) is 5.33. The van der Waals surface area contributed by atoms with Crippen molar-refractivity contribution in [3.8, 4) is 0 Å². The molecule has 0 radical (unpaired) electrons. The summed E-state index contributed by atoms with van der Waals surface area (Å²) < 4.78 is 4.15. The molecule has 19 heavy (non-hydrogen) atoms. The van der Waals surface area contributed by atoms with Crippen molar-refractivity contribution in [2.24, 2.45) is 17.6 Å². The van der Waals surface area contributed by atoms with Crippen molar-refractivity contribution in [2.75, 3.05) is 0 Å². The van der Waals surface area contributed by atoms with Crippen LogP contribution >= 0.6 is 11.5 Å². The smallest absolute Gasteiger partial charge is 0.0857 e. The van der Waals surface area contributed by atoms with Gasteiger partial charge < -0.3 is 5.73 Å². The lowest BCUT2D eigenvalue weighted by Crippen LogP contribution is -2.27. The Balaban J connectivity index is 2.08. The van der Waals surface area contributed by atoms with Crippen molar-refractivity contribution >= 4 is 11.5 Å². The van der Waals surface area contributed by atoms with Gasteiger partial charge in [0.05, 0.1) is 10.6 Å². The van der Waals surface area contributed by atoms with Crippen LogP contribution in [0.15, 0.2) is 0 Å². The average Bonchev–Trinajstić information content (AvgIpc) is 2.87. The van der Waals surface area contributed by atoms with Gasteiger partial charge in [0.25, 0.3) is 0 Å². The number of rotatable bonds is 3. The average molecular weight is 281 g/mol. The molecule has 0 spiro atoms. The molecule has 1 atom stereocenters. The largest absolute Gasteiger partial charge is 0.323 e. The van der Waals surface area contributed by atoms with Gasteiger partial charge in [-0.25, -0.2) is 0 Å².